The summed E-state index contributed by atoms with van der Waals surface area (Å²) in [6.45, 7) is 4.59. The molecular formula is C16H22BrFN6O2S2. The molecule has 1 aliphatic heterocycles. The molecule has 12 heteroatoms. The number of halogens is 2. The summed E-state index contributed by atoms with van der Waals surface area (Å²) in [5, 5.41) is 3.23. The number of benzene rings is 1. The van der Waals surface area contributed by atoms with Crippen molar-refractivity contribution >= 4 is 48.3 Å². The van der Waals surface area contributed by atoms with Crippen LogP contribution < -0.4 is 15.8 Å². The number of rotatable bonds is 10. The van der Waals surface area contributed by atoms with Crippen LogP contribution in [0, 0.1) is 11.7 Å². The molecule has 4 N–H and O–H groups in total. The van der Waals surface area contributed by atoms with Crippen molar-refractivity contribution in [3.05, 3.63) is 28.7 Å². The maximum absolute atomic E-state index is 14.4. The Balaban J connectivity index is 1.52. The molecule has 3 rings (SSSR count). The van der Waals surface area contributed by atoms with Gasteiger partial charge in [0.05, 0.1) is 5.69 Å². The smallest absolute Gasteiger partial charge is 0.266 e. The van der Waals surface area contributed by atoms with Gasteiger partial charge in [-0.2, -0.15) is 4.37 Å². The van der Waals surface area contributed by atoms with Gasteiger partial charge in [0.1, 0.15) is 17.0 Å². The highest BCUT2D eigenvalue weighted by Gasteiger charge is 2.24. The first-order valence-corrected chi connectivity index (χ1v) is 11.9. The number of sulfonamides is 1. The Bertz CT molecular complexity index is 891. The molecule has 0 aliphatic carbocycles. The molecule has 2 aromatic rings. The Morgan fingerprint density at radius 1 is 1.36 bits per heavy atom. The molecule has 154 valence electrons. The van der Waals surface area contributed by atoms with Crippen LogP contribution >= 0.6 is 27.5 Å². The molecule has 1 aromatic carbocycles. The summed E-state index contributed by atoms with van der Waals surface area (Å²) < 4.78 is 45.5. The van der Waals surface area contributed by atoms with Crippen LogP contribution in [0.1, 0.15) is 12.8 Å². The van der Waals surface area contributed by atoms with E-state index >= 15 is 0 Å². The molecular weight excluding hydrogens is 471 g/mol. The minimum atomic E-state index is -4.08. The van der Waals surface area contributed by atoms with Gasteiger partial charge in [0.25, 0.3) is 10.0 Å². The molecule has 28 heavy (non-hydrogen) atoms. The quantitative estimate of drug-likeness (QED) is 0.436. The number of likely N-dealkylation sites (tertiary alicyclic amines) is 1. The molecule has 0 atom stereocenters. The van der Waals surface area contributed by atoms with Crippen LogP contribution in [-0.2, 0) is 10.0 Å². The summed E-state index contributed by atoms with van der Waals surface area (Å²) in [6, 6.07) is 2.42. The highest BCUT2D eigenvalue weighted by atomic mass is 79.9. The molecule has 8 nitrogen and oxygen atoms in total. The Hall–Kier alpha value is -1.34. The van der Waals surface area contributed by atoms with Crippen molar-refractivity contribution in [2.24, 2.45) is 11.7 Å². The molecule has 0 unspecified atom stereocenters. The lowest BCUT2D eigenvalue weighted by Crippen LogP contribution is -2.49. The number of aromatic nitrogens is 2. The Kier molecular flexibility index (Phi) is 7.20. The third-order valence-electron chi connectivity index (χ3n) is 4.48. The average Bonchev–Trinajstić information content (AvgIpc) is 3.10. The normalized spacial score (nSPS) is 15.4. The molecule has 0 saturated carbocycles. The van der Waals surface area contributed by atoms with E-state index in [0.29, 0.717) is 22.6 Å². The van der Waals surface area contributed by atoms with E-state index in [2.05, 4.69) is 40.2 Å². The minimum absolute atomic E-state index is 0.0812. The SMILES string of the molecule is NCC1CN(CCCCNc2cc(F)c(S(=O)(=O)Nc3ncns3)cc2Br)C1. The van der Waals surface area contributed by atoms with Crippen molar-refractivity contribution in [2.75, 3.05) is 42.8 Å². The molecule has 0 bridgehead atoms. The lowest BCUT2D eigenvalue weighted by atomic mass is 10.0. The lowest BCUT2D eigenvalue weighted by Gasteiger charge is -2.38. The molecule has 1 aromatic heterocycles. The van der Waals surface area contributed by atoms with E-state index in [1.54, 1.807) is 0 Å². The standard InChI is InChI=1S/C16H22BrFN6O2S2/c17-12-5-15(28(25,26)23-16-21-10-22-27-16)13(18)6-14(12)20-3-1-2-4-24-8-11(7-19)9-24/h5-6,10-11,20H,1-4,7-9,19H2,(H,21,22,23). The van der Waals surface area contributed by atoms with Crippen molar-refractivity contribution in [1.29, 1.82) is 0 Å². The molecule has 1 fully saturated rings. The van der Waals surface area contributed by atoms with Crippen molar-refractivity contribution in [3.63, 3.8) is 0 Å². The van der Waals surface area contributed by atoms with Crippen LogP contribution in [0.25, 0.3) is 0 Å². The zero-order valence-electron chi connectivity index (χ0n) is 15.1. The number of unbranched alkanes of at least 4 members (excludes halogenated alkanes) is 1. The summed E-state index contributed by atoms with van der Waals surface area (Å²) in [4.78, 5) is 5.67. The van der Waals surface area contributed by atoms with Gasteiger partial charge in [0, 0.05) is 35.6 Å². The number of hydrogen-bond acceptors (Lipinski definition) is 8. The predicted molar refractivity (Wildman–Crippen MR) is 112 cm³/mol. The fourth-order valence-corrected chi connectivity index (χ4v) is 5.33. The Labute approximate surface area is 176 Å². The number of nitrogens with two attached hydrogens (primary N) is 1. The second-order valence-corrected chi connectivity index (χ2v) is 9.89. The predicted octanol–water partition coefficient (Wildman–Crippen LogP) is 2.32. The highest BCUT2D eigenvalue weighted by Crippen LogP contribution is 2.29. The van der Waals surface area contributed by atoms with Gasteiger partial charge in [-0.15, -0.1) is 0 Å². The fourth-order valence-electron chi connectivity index (χ4n) is 2.95. The van der Waals surface area contributed by atoms with Gasteiger partial charge in [0.15, 0.2) is 0 Å². The van der Waals surface area contributed by atoms with Gasteiger partial charge >= 0.3 is 0 Å². The van der Waals surface area contributed by atoms with Gasteiger partial charge in [-0.3, -0.25) is 4.72 Å². The molecule has 1 aliphatic rings. The largest absolute Gasteiger partial charge is 0.384 e. The third kappa shape index (κ3) is 5.38. The van der Waals surface area contributed by atoms with E-state index in [9.17, 15) is 12.8 Å². The van der Waals surface area contributed by atoms with Gasteiger partial charge in [-0.05, 0) is 59.9 Å². The maximum atomic E-state index is 14.4. The fraction of sp³-hybridized carbons (Fsp3) is 0.500. The average molecular weight is 493 g/mol. The van der Waals surface area contributed by atoms with Crippen LogP contribution in [0.3, 0.4) is 0 Å². The van der Waals surface area contributed by atoms with Crippen molar-refractivity contribution < 1.29 is 12.8 Å². The first kappa shape index (κ1) is 21.4. The highest BCUT2D eigenvalue weighted by molar-refractivity contribution is 9.10. The molecule has 0 radical (unpaired) electrons. The van der Waals surface area contributed by atoms with Crippen LogP contribution in [0.15, 0.2) is 27.8 Å². The summed E-state index contributed by atoms with van der Waals surface area (Å²) in [7, 11) is -4.08. The number of nitrogens with zero attached hydrogens (tertiary/aromatic N) is 3. The lowest BCUT2D eigenvalue weighted by molar-refractivity contribution is 0.104. The van der Waals surface area contributed by atoms with E-state index in [1.165, 1.54) is 18.5 Å². The van der Waals surface area contributed by atoms with E-state index in [1.807, 2.05) is 0 Å². The second-order valence-electron chi connectivity index (χ2n) is 6.61. The first-order valence-electron chi connectivity index (χ1n) is 8.84. The van der Waals surface area contributed by atoms with Crippen LogP contribution in [-0.4, -0.2) is 55.4 Å². The molecule has 1 saturated heterocycles. The van der Waals surface area contributed by atoms with E-state index < -0.39 is 20.7 Å². The monoisotopic (exact) mass is 492 g/mol. The third-order valence-corrected chi connectivity index (χ3v) is 7.20. The van der Waals surface area contributed by atoms with Gasteiger partial charge in [0.2, 0.25) is 5.13 Å². The van der Waals surface area contributed by atoms with Gasteiger partial charge in [-0.1, -0.05) is 0 Å². The summed E-state index contributed by atoms with van der Waals surface area (Å²) >= 11 is 4.19. The molecule has 0 spiro atoms. The van der Waals surface area contributed by atoms with E-state index in [4.69, 9.17) is 5.73 Å². The Morgan fingerprint density at radius 3 is 2.82 bits per heavy atom. The number of nitrogens with one attached hydrogen (secondary N) is 2. The van der Waals surface area contributed by atoms with E-state index in [-0.39, 0.29) is 5.13 Å². The molecule has 2 heterocycles. The summed E-state index contributed by atoms with van der Waals surface area (Å²) in [6.07, 6.45) is 3.18. The zero-order chi connectivity index (χ0) is 20.1. The Morgan fingerprint density at radius 2 is 2.14 bits per heavy atom. The first-order chi connectivity index (χ1) is 13.4. The topological polar surface area (TPSA) is 113 Å². The summed E-state index contributed by atoms with van der Waals surface area (Å²) in [5.41, 5.74) is 6.13. The van der Waals surface area contributed by atoms with Gasteiger partial charge in [-0.25, -0.2) is 17.8 Å². The van der Waals surface area contributed by atoms with Crippen molar-refractivity contribution in [1.82, 2.24) is 14.3 Å². The maximum Gasteiger partial charge on any atom is 0.266 e. The summed E-state index contributed by atoms with van der Waals surface area (Å²) in [5.74, 6) is -0.204. The molecule has 0 amide bonds. The number of anilines is 2. The zero-order valence-corrected chi connectivity index (χ0v) is 18.3. The van der Waals surface area contributed by atoms with Crippen molar-refractivity contribution in [2.45, 2.75) is 17.7 Å². The minimum Gasteiger partial charge on any atom is -0.384 e. The van der Waals surface area contributed by atoms with Crippen LogP contribution in [0.5, 0.6) is 0 Å². The van der Waals surface area contributed by atoms with Crippen LogP contribution in [0.2, 0.25) is 0 Å². The second kappa shape index (κ2) is 9.44. The van der Waals surface area contributed by atoms with Gasteiger partial charge < -0.3 is 16.0 Å². The van der Waals surface area contributed by atoms with Crippen LogP contribution in [0.4, 0.5) is 15.2 Å². The number of hydrogen-bond donors (Lipinski definition) is 3. The van der Waals surface area contributed by atoms with Crippen molar-refractivity contribution in [3.8, 4) is 0 Å². The van der Waals surface area contributed by atoms with E-state index in [0.717, 1.165) is 50.6 Å².